The Balaban J connectivity index is 1.59. The molecule has 1 heterocycles. The molecular formula is C32H48N2O. The van der Waals surface area contributed by atoms with Crippen molar-refractivity contribution in [2.24, 2.45) is 0 Å². The van der Waals surface area contributed by atoms with Gasteiger partial charge in [0, 0.05) is 38.5 Å². The molecule has 0 unspecified atom stereocenters. The lowest BCUT2D eigenvalue weighted by molar-refractivity contribution is 0.232. The summed E-state index contributed by atoms with van der Waals surface area (Å²) in [4.78, 5) is 5.09. The van der Waals surface area contributed by atoms with Crippen molar-refractivity contribution >= 4 is 5.69 Å². The third-order valence-electron chi connectivity index (χ3n) is 9.75. The summed E-state index contributed by atoms with van der Waals surface area (Å²) >= 11 is 0. The van der Waals surface area contributed by atoms with Crippen LogP contribution in [0.2, 0.25) is 0 Å². The minimum atomic E-state index is 0.310. The van der Waals surface area contributed by atoms with E-state index in [0.717, 1.165) is 45.6 Å². The second-order valence-electron chi connectivity index (χ2n) is 11.0. The molecule has 3 nitrogen and oxygen atoms in total. The maximum atomic E-state index is 9.05. The first-order chi connectivity index (χ1) is 17.0. The quantitative estimate of drug-likeness (QED) is 0.369. The van der Waals surface area contributed by atoms with Crippen LogP contribution in [-0.2, 0) is 10.8 Å². The fraction of sp³-hybridized carbons (Fsp3) is 0.625. The molecule has 2 aromatic carbocycles. The van der Waals surface area contributed by atoms with Gasteiger partial charge in [0.2, 0.25) is 0 Å². The number of aliphatic hydroxyl groups is 1. The highest BCUT2D eigenvalue weighted by molar-refractivity contribution is 5.70. The first-order valence-electron chi connectivity index (χ1n) is 14.4. The minimum Gasteiger partial charge on any atom is -0.396 e. The maximum Gasteiger partial charge on any atom is 0.0431 e. The molecule has 0 spiro atoms. The molecule has 0 amide bonds. The van der Waals surface area contributed by atoms with E-state index in [4.69, 9.17) is 5.11 Å². The number of hydrogen-bond acceptors (Lipinski definition) is 3. The van der Waals surface area contributed by atoms with Gasteiger partial charge in [0.15, 0.2) is 0 Å². The largest absolute Gasteiger partial charge is 0.396 e. The number of anilines is 1. The van der Waals surface area contributed by atoms with Gasteiger partial charge >= 0.3 is 0 Å². The molecule has 1 saturated heterocycles. The van der Waals surface area contributed by atoms with Crippen molar-refractivity contribution in [2.45, 2.75) is 89.9 Å². The van der Waals surface area contributed by atoms with Crippen LogP contribution < -0.4 is 4.90 Å². The van der Waals surface area contributed by atoms with Crippen molar-refractivity contribution in [3.05, 3.63) is 53.6 Å². The summed E-state index contributed by atoms with van der Waals surface area (Å²) in [5.74, 6) is 0. The molecule has 4 rings (SSSR count). The first kappa shape index (κ1) is 26.2. The second-order valence-corrected chi connectivity index (χ2v) is 11.0. The van der Waals surface area contributed by atoms with Gasteiger partial charge in [0.05, 0.1) is 0 Å². The molecule has 1 N–H and O–H groups in total. The molecule has 1 aliphatic carbocycles. The van der Waals surface area contributed by atoms with Crippen LogP contribution in [0.25, 0.3) is 11.1 Å². The Morgan fingerprint density at radius 2 is 1.34 bits per heavy atom. The van der Waals surface area contributed by atoms with E-state index in [0.29, 0.717) is 17.4 Å². The predicted molar refractivity (Wildman–Crippen MR) is 151 cm³/mol. The van der Waals surface area contributed by atoms with E-state index < -0.39 is 0 Å². The minimum absolute atomic E-state index is 0.310. The van der Waals surface area contributed by atoms with Gasteiger partial charge in [0.25, 0.3) is 0 Å². The van der Waals surface area contributed by atoms with Gasteiger partial charge in [-0.05, 0) is 103 Å². The Morgan fingerprint density at radius 3 is 1.97 bits per heavy atom. The predicted octanol–water partition coefficient (Wildman–Crippen LogP) is 7.16. The standard InChI is InChI=1S/C32H48N2O/c1-5-31(6-2)16-17-32(7-3,8-4)30-25-27(14-15-29(30)31)26-12-11-13-28(24-26)34-21-19-33(20-22-34)18-9-10-23-35/h11-15,24-25,35H,5-10,16-23H2,1-4H3. The lowest BCUT2D eigenvalue weighted by Gasteiger charge is -2.48. The number of aliphatic hydroxyl groups excluding tert-OH is 1. The molecule has 3 heteroatoms. The summed E-state index contributed by atoms with van der Waals surface area (Å²) in [6.07, 6.45) is 9.59. The van der Waals surface area contributed by atoms with E-state index in [9.17, 15) is 0 Å². The highest BCUT2D eigenvalue weighted by atomic mass is 16.2. The molecule has 35 heavy (non-hydrogen) atoms. The lowest BCUT2D eigenvalue weighted by atomic mass is 9.56. The molecule has 2 aliphatic rings. The molecule has 1 aliphatic heterocycles. The van der Waals surface area contributed by atoms with E-state index in [1.165, 1.54) is 55.3 Å². The van der Waals surface area contributed by atoms with Crippen molar-refractivity contribution in [1.29, 1.82) is 0 Å². The van der Waals surface area contributed by atoms with Crippen LogP contribution in [0.5, 0.6) is 0 Å². The number of rotatable bonds is 10. The Kier molecular flexibility index (Phi) is 8.60. The third-order valence-corrected chi connectivity index (χ3v) is 9.75. The molecule has 2 aromatic rings. The fourth-order valence-corrected chi connectivity index (χ4v) is 6.90. The van der Waals surface area contributed by atoms with Crippen LogP contribution >= 0.6 is 0 Å². The zero-order valence-electron chi connectivity index (χ0n) is 22.8. The first-order valence-corrected chi connectivity index (χ1v) is 14.4. The van der Waals surface area contributed by atoms with Crippen LogP contribution in [0, 0.1) is 0 Å². The molecule has 0 bridgehead atoms. The monoisotopic (exact) mass is 476 g/mol. The molecule has 1 fully saturated rings. The smallest absolute Gasteiger partial charge is 0.0431 e. The van der Waals surface area contributed by atoms with E-state index >= 15 is 0 Å². The normalized spacial score (nSPS) is 19.5. The van der Waals surface area contributed by atoms with E-state index in [-0.39, 0.29) is 0 Å². The Labute approximate surface area is 214 Å². The summed E-state index contributed by atoms with van der Waals surface area (Å²) in [5, 5.41) is 9.05. The summed E-state index contributed by atoms with van der Waals surface area (Å²) in [6, 6.07) is 16.7. The number of fused-ring (bicyclic) bond motifs is 1. The highest BCUT2D eigenvalue weighted by Crippen LogP contribution is 2.53. The Hall–Kier alpha value is -1.84. The number of piperazine rings is 1. The zero-order valence-corrected chi connectivity index (χ0v) is 22.8. The van der Waals surface area contributed by atoms with E-state index in [2.05, 4.69) is 80.0 Å². The molecule has 0 atom stereocenters. The number of benzene rings is 2. The summed E-state index contributed by atoms with van der Waals surface area (Å²) in [5.41, 5.74) is 8.02. The lowest BCUT2D eigenvalue weighted by Crippen LogP contribution is -2.46. The van der Waals surface area contributed by atoms with Gasteiger partial charge in [-0.3, -0.25) is 4.90 Å². The number of nitrogens with zero attached hydrogens (tertiary/aromatic N) is 2. The molecule has 0 saturated carbocycles. The van der Waals surface area contributed by atoms with Crippen LogP contribution in [0.4, 0.5) is 5.69 Å². The average Bonchev–Trinajstić information content (AvgIpc) is 2.93. The van der Waals surface area contributed by atoms with Crippen molar-refractivity contribution in [3.63, 3.8) is 0 Å². The molecule has 0 aromatic heterocycles. The van der Waals surface area contributed by atoms with Crippen molar-refractivity contribution in [2.75, 3.05) is 44.2 Å². The Morgan fingerprint density at radius 1 is 0.714 bits per heavy atom. The number of unbranched alkanes of at least 4 members (excludes halogenated alkanes) is 1. The molecular weight excluding hydrogens is 428 g/mol. The molecule has 192 valence electrons. The molecule has 0 radical (unpaired) electrons. The second kappa shape index (κ2) is 11.5. The SMILES string of the molecule is CCC1(CC)CCC(CC)(CC)c2cc(-c3cccc(N4CCN(CCCCO)CC4)c3)ccc21. The van der Waals surface area contributed by atoms with Crippen LogP contribution in [-0.4, -0.2) is 49.3 Å². The topological polar surface area (TPSA) is 26.7 Å². The summed E-state index contributed by atoms with van der Waals surface area (Å²) in [6.45, 7) is 15.4. The van der Waals surface area contributed by atoms with Gasteiger partial charge in [-0.2, -0.15) is 0 Å². The van der Waals surface area contributed by atoms with Crippen LogP contribution in [0.3, 0.4) is 0 Å². The van der Waals surface area contributed by atoms with Gasteiger partial charge in [-0.25, -0.2) is 0 Å². The summed E-state index contributed by atoms with van der Waals surface area (Å²) in [7, 11) is 0. The van der Waals surface area contributed by atoms with E-state index in [1.54, 1.807) is 11.1 Å². The average molecular weight is 477 g/mol. The van der Waals surface area contributed by atoms with Crippen molar-refractivity contribution in [1.82, 2.24) is 4.90 Å². The van der Waals surface area contributed by atoms with Crippen molar-refractivity contribution < 1.29 is 5.11 Å². The van der Waals surface area contributed by atoms with Gasteiger partial charge in [-0.15, -0.1) is 0 Å². The van der Waals surface area contributed by atoms with Gasteiger partial charge < -0.3 is 10.0 Å². The summed E-state index contributed by atoms with van der Waals surface area (Å²) < 4.78 is 0. The van der Waals surface area contributed by atoms with Gasteiger partial charge in [-0.1, -0.05) is 58.0 Å². The fourth-order valence-electron chi connectivity index (χ4n) is 6.90. The Bertz CT molecular complexity index is 952. The van der Waals surface area contributed by atoms with Crippen LogP contribution in [0.1, 0.15) is 90.2 Å². The highest BCUT2D eigenvalue weighted by Gasteiger charge is 2.43. The third kappa shape index (κ3) is 5.18. The van der Waals surface area contributed by atoms with Crippen LogP contribution in [0.15, 0.2) is 42.5 Å². The number of hydrogen-bond donors (Lipinski definition) is 1. The van der Waals surface area contributed by atoms with E-state index in [1.807, 2.05) is 0 Å². The zero-order chi connectivity index (χ0) is 24.9. The van der Waals surface area contributed by atoms with Gasteiger partial charge in [0.1, 0.15) is 0 Å². The maximum absolute atomic E-state index is 9.05. The van der Waals surface area contributed by atoms with Crippen molar-refractivity contribution in [3.8, 4) is 11.1 Å².